The summed E-state index contributed by atoms with van der Waals surface area (Å²) in [6, 6.07) is 0. The number of hydrogen-bond donors (Lipinski definition) is 1. The van der Waals surface area contributed by atoms with Crippen molar-refractivity contribution in [3.05, 3.63) is 11.6 Å². The molecule has 1 N–H and O–H groups in total. The van der Waals surface area contributed by atoms with Gasteiger partial charge in [-0.25, -0.2) is 8.42 Å². The predicted octanol–water partition coefficient (Wildman–Crippen LogP) is 1.25. The number of rotatable bonds is 2. The summed E-state index contributed by atoms with van der Waals surface area (Å²) in [5.41, 5.74) is 1.20. The summed E-state index contributed by atoms with van der Waals surface area (Å²) >= 11 is 0. The van der Waals surface area contributed by atoms with Gasteiger partial charge in [0.15, 0.2) is 0 Å². The molecule has 0 unspecified atom stereocenters. The van der Waals surface area contributed by atoms with Crippen molar-refractivity contribution in [2.75, 3.05) is 18.8 Å². The second kappa shape index (κ2) is 4.98. The van der Waals surface area contributed by atoms with Crippen LogP contribution < -0.4 is 5.32 Å². The van der Waals surface area contributed by atoms with Gasteiger partial charge in [0.1, 0.15) is 0 Å². The highest BCUT2D eigenvalue weighted by molar-refractivity contribution is 8.13. The zero-order valence-electron chi connectivity index (χ0n) is 7.42. The summed E-state index contributed by atoms with van der Waals surface area (Å²) < 4.78 is 21.3. The van der Waals surface area contributed by atoms with Crippen molar-refractivity contribution in [3.63, 3.8) is 0 Å². The molecule has 0 saturated carbocycles. The van der Waals surface area contributed by atoms with Gasteiger partial charge in [-0.15, -0.1) is 0 Å². The van der Waals surface area contributed by atoms with Gasteiger partial charge in [0.05, 0.1) is 5.75 Å². The SMILES string of the molecule is O=S(=O)(Cl)C/C=C1\CCCNCC1. The molecule has 0 radical (unpaired) electrons. The molecule has 1 rings (SSSR count). The minimum Gasteiger partial charge on any atom is -0.316 e. The molecule has 76 valence electrons. The van der Waals surface area contributed by atoms with Gasteiger partial charge in [-0.3, -0.25) is 0 Å². The van der Waals surface area contributed by atoms with Crippen LogP contribution >= 0.6 is 10.7 Å². The van der Waals surface area contributed by atoms with Gasteiger partial charge in [-0.1, -0.05) is 11.6 Å². The normalized spacial score (nSPS) is 23.0. The van der Waals surface area contributed by atoms with E-state index in [1.165, 1.54) is 5.57 Å². The first-order chi connectivity index (χ1) is 6.08. The lowest BCUT2D eigenvalue weighted by atomic mass is 10.1. The molecule has 13 heavy (non-hydrogen) atoms. The first-order valence-corrected chi connectivity index (χ1v) is 6.87. The van der Waals surface area contributed by atoms with E-state index < -0.39 is 9.05 Å². The molecule has 0 aliphatic carbocycles. The molecule has 0 spiro atoms. The third-order valence-corrected chi connectivity index (χ3v) is 2.99. The molecular formula is C8H14ClNO2S. The fraction of sp³-hybridized carbons (Fsp3) is 0.750. The lowest BCUT2D eigenvalue weighted by molar-refractivity contribution is 0.612. The van der Waals surface area contributed by atoms with Gasteiger partial charge < -0.3 is 5.32 Å². The Morgan fingerprint density at radius 1 is 1.38 bits per heavy atom. The maximum atomic E-state index is 10.7. The second-order valence-electron chi connectivity index (χ2n) is 3.17. The fourth-order valence-corrected chi connectivity index (χ4v) is 1.98. The maximum Gasteiger partial charge on any atom is 0.236 e. The predicted molar refractivity (Wildman–Crippen MR) is 54.4 cm³/mol. The summed E-state index contributed by atoms with van der Waals surface area (Å²) in [7, 11) is 1.75. The zero-order chi connectivity index (χ0) is 9.73. The maximum absolute atomic E-state index is 10.7. The van der Waals surface area contributed by atoms with Crippen molar-refractivity contribution < 1.29 is 8.42 Å². The summed E-state index contributed by atoms with van der Waals surface area (Å²) in [5, 5.41) is 3.25. The standard InChI is InChI=1S/C8H14ClNO2S/c9-13(11,12)7-4-8-2-1-5-10-6-3-8/h4,10H,1-3,5-7H2/b8-4+. The summed E-state index contributed by atoms with van der Waals surface area (Å²) in [6.45, 7) is 1.96. The first-order valence-electron chi connectivity index (χ1n) is 4.39. The number of hydrogen-bond acceptors (Lipinski definition) is 3. The monoisotopic (exact) mass is 223 g/mol. The summed E-state index contributed by atoms with van der Waals surface area (Å²) in [5.74, 6) is -0.0378. The van der Waals surface area contributed by atoms with Crippen LogP contribution in [0.2, 0.25) is 0 Å². The van der Waals surface area contributed by atoms with Gasteiger partial charge in [-0.05, 0) is 32.4 Å². The van der Waals surface area contributed by atoms with Crippen LogP contribution in [-0.2, 0) is 9.05 Å². The minimum atomic E-state index is -3.36. The quantitative estimate of drug-likeness (QED) is 0.566. The molecule has 1 aliphatic heterocycles. The lowest BCUT2D eigenvalue weighted by Gasteiger charge is -2.00. The Bertz CT molecular complexity index is 275. The van der Waals surface area contributed by atoms with E-state index in [0.29, 0.717) is 0 Å². The average molecular weight is 224 g/mol. The summed E-state index contributed by atoms with van der Waals surface area (Å²) in [4.78, 5) is 0. The molecule has 0 atom stereocenters. The fourth-order valence-electron chi connectivity index (χ4n) is 1.36. The molecule has 1 saturated heterocycles. The summed E-state index contributed by atoms with van der Waals surface area (Å²) in [6.07, 6.45) is 4.75. The average Bonchev–Trinajstić information content (AvgIpc) is 2.26. The van der Waals surface area contributed by atoms with E-state index in [4.69, 9.17) is 10.7 Å². The van der Waals surface area contributed by atoms with Crippen LogP contribution in [-0.4, -0.2) is 27.3 Å². The van der Waals surface area contributed by atoms with E-state index in [2.05, 4.69) is 5.32 Å². The third kappa shape index (κ3) is 5.29. The Morgan fingerprint density at radius 3 is 2.85 bits per heavy atom. The van der Waals surface area contributed by atoms with Gasteiger partial charge >= 0.3 is 0 Å². The Balaban J connectivity index is 2.49. The van der Waals surface area contributed by atoms with Crippen molar-refractivity contribution in [2.45, 2.75) is 19.3 Å². The van der Waals surface area contributed by atoms with E-state index in [-0.39, 0.29) is 5.75 Å². The molecule has 0 aromatic heterocycles. The smallest absolute Gasteiger partial charge is 0.236 e. The van der Waals surface area contributed by atoms with Gasteiger partial charge in [0, 0.05) is 10.7 Å². The number of halogens is 1. The molecule has 0 aromatic carbocycles. The van der Waals surface area contributed by atoms with Crippen LogP contribution in [0.5, 0.6) is 0 Å². The van der Waals surface area contributed by atoms with E-state index in [1.54, 1.807) is 6.08 Å². The van der Waals surface area contributed by atoms with E-state index in [0.717, 1.165) is 32.4 Å². The molecule has 1 fully saturated rings. The highest BCUT2D eigenvalue weighted by atomic mass is 35.7. The molecule has 5 heteroatoms. The third-order valence-electron chi connectivity index (χ3n) is 2.05. The molecule has 0 amide bonds. The Kier molecular flexibility index (Phi) is 4.22. The van der Waals surface area contributed by atoms with E-state index >= 15 is 0 Å². The second-order valence-corrected chi connectivity index (χ2v) is 5.99. The lowest BCUT2D eigenvalue weighted by Crippen LogP contribution is -2.13. The van der Waals surface area contributed by atoms with Crippen molar-refractivity contribution in [1.29, 1.82) is 0 Å². The van der Waals surface area contributed by atoms with E-state index in [9.17, 15) is 8.42 Å². The number of nitrogens with one attached hydrogen (secondary N) is 1. The molecular weight excluding hydrogens is 210 g/mol. The van der Waals surface area contributed by atoms with Crippen LogP contribution in [0.4, 0.5) is 0 Å². The minimum absolute atomic E-state index is 0.0378. The van der Waals surface area contributed by atoms with Crippen LogP contribution in [0.1, 0.15) is 19.3 Å². The van der Waals surface area contributed by atoms with Crippen molar-refractivity contribution in [3.8, 4) is 0 Å². The topological polar surface area (TPSA) is 46.2 Å². The molecule has 0 bridgehead atoms. The van der Waals surface area contributed by atoms with Gasteiger partial charge in [0.2, 0.25) is 9.05 Å². The van der Waals surface area contributed by atoms with Gasteiger partial charge in [0.25, 0.3) is 0 Å². The zero-order valence-corrected chi connectivity index (χ0v) is 9.00. The molecule has 1 heterocycles. The van der Waals surface area contributed by atoms with Crippen molar-refractivity contribution >= 4 is 19.7 Å². The van der Waals surface area contributed by atoms with Gasteiger partial charge in [-0.2, -0.15) is 0 Å². The Hall–Kier alpha value is -0.0600. The van der Waals surface area contributed by atoms with Crippen LogP contribution in [0.3, 0.4) is 0 Å². The van der Waals surface area contributed by atoms with Crippen molar-refractivity contribution in [2.24, 2.45) is 0 Å². The van der Waals surface area contributed by atoms with Crippen LogP contribution in [0.15, 0.2) is 11.6 Å². The Morgan fingerprint density at radius 2 is 2.15 bits per heavy atom. The van der Waals surface area contributed by atoms with Crippen molar-refractivity contribution in [1.82, 2.24) is 5.32 Å². The highest BCUT2D eigenvalue weighted by Crippen LogP contribution is 2.12. The molecule has 3 nitrogen and oxygen atoms in total. The van der Waals surface area contributed by atoms with Crippen LogP contribution in [0.25, 0.3) is 0 Å². The Labute approximate surface area is 83.6 Å². The first kappa shape index (κ1) is 11.0. The van der Waals surface area contributed by atoms with E-state index in [1.807, 2.05) is 0 Å². The van der Waals surface area contributed by atoms with Crippen LogP contribution in [0, 0.1) is 0 Å². The largest absolute Gasteiger partial charge is 0.316 e. The highest BCUT2D eigenvalue weighted by Gasteiger charge is 2.06. The molecule has 1 aliphatic rings. The molecule has 0 aromatic rings.